The van der Waals surface area contributed by atoms with Crippen molar-refractivity contribution in [3.05, 3.63) is 82.0 Å². The van der Waals surface area contributed by atoms with E-state index in [-0.39, 0.29) is 5.78 Å². The molecular formula is C18H14OS. The van der Waals surface area contributed by atoms with Crippen LogP contribution in [0.15, 0.2) is 65.4 Å². The first kappa shape index (κ1) is 12.8. The molecule has 0 aliphatic rings. The number of ketones is 1. The van der Waals surface area contributed by atoms with Crippen LogP contribution in [-0.4, -0.2) is 5.78 Å². The molecule has 3 aromatic rings. The molecule has 0 amide bonds. The van der Waals surface area contributed by atoms with Crippen molar-refractivity contribution in [2.75, 3.05) is 0 Å². The number of thiophene rings is 1. The quantitative estimate of drug-likeness (QED) is 0.619. The summed E-state index contributed by atoms with van der Waals surface area (Å²) >= 11 is 1.57. The van der Waals surface area contributed by atoms with E-state index >= 15 is 0 Å². The lowest BCUT2D eigenvalue weighted by molar-refractivity contribution is 0.103. The standard InChI is InChI=1S/C18H14OS/c1-13-11-20-12-17(13)18(19)16-9-7-15(8-10-16)14-5-3-2-4-6-14/h2-12H,1H3. The molecule has 0 radical (unpaired) electrons. The molecule has 98 valence electrons. The van der Waals surface area contributed by atoms with Gasteiger partial charge in [-0.3, -0.25) is 4.79 Å². The number of rotatable bonds is 3. The summed E-state index contributed by atoms with van der Waals surface area (Å²) in [5.74, 6) is 0.100. The molecule has 0 atom stereocenters. The van der Waals surface area contributed by atoms with E-state index in [9.17, 15) is 4.79 Å². The van der Waals surface area contributed by atoms with Gasteiger partial charge >= 0.3 is 0 Å². The summed E-state index contributed by atoms with van der Waals surface area (Å²) in [5.41, 5.74) is 4.89. The minimum absolute atomic E-state index is 0.100. The monoisotopic (exact) mass is 278 g/mol. The van der Waals surface area contributed by atoms with Crippen LogP contribution < -0.4 is 0 Å². The van der Waals surface area contributed by atoms with Gasteiger partial charge in [-0.2, -0.15) is 11.3 Å². The van der Waals surface area contributed by atoms with E-state index in [0.29, 0.717) is 0 Å². The summed E-state index contributed by atoms with van der Waals surface area (Å²) in [6.07, 6.45) is 0. The molecule has 0 saturated heterocycles. The van der Waals surface area contributed by atoms with Gasteiger partial charge in [0, 0.05) is 16.5 Å². The van der Waals surface area contributed by atoms with E-state index in [1.54, 1.807) is 11.3 Å². The van der Waals surface area contributed by atoms with Crippen LogP contribution in [0.1, 0.15) is 21.5 Å². The van der Waals surface area contributed by atoms with Crippen LogP contribution in [0.5, 0.6) is 0 Å². The first-order valence-corrected chi connectivity index (χ1v) is 7.43. The van der Waals surface area contributed by atoms with E-state index in [1.165, 1.54) is 5.56 Å². The van der Waals surface area contributed by atoms with E-state index in [2.05, 4.69) is 12.1 Å². The molecule has 2 heteroatoms. The number of carbonyl (C=O) groups excluding carboxylic acids is 1. The van der Waals surface area contributed by atoms with Gasteiger partial charge in [-0.15, -0.1) is 0 Å². The Labute approximate surface area is 122 Å². The fourth-order valence-corrected chi connectivity index (χ4v) is 3.02. The van der Waals surface area contributed by atoms with Gasteiger partial charge in [-0.05, 0) is 29.0 Å². The van der Waals surface area contributed by atoms with Crippen molar-refractivity contribution < 1.29 is 4.79 Å². The van der Waals surface area contributed by atoms with Crippen LogP contribution in [0.2, 0.25) is 0 Å². The van der Waals surface area contributed by atoms with Gasteiger partial charge in [0.05, 0.1) is 0 Å². The van der Waals surface area contributed by atoms with E-state index < -0.39 is 0 Å². The summed E-state index contributed by atoms with van der Waals surface area (Å²) in [6.45, 7) is 1.97. The number of aryl methyl sites for hydroxylation is 1. The molecule has 0 spiro atoms. The van der Waals surface area contributed by atoms with Crippen molar-refractivity contribution in [2.45, 2.75) is 6.92 Å². The van der Waals surface area contributed by atoms with Crippen molar-refractivity contribution >= 4 is 17.1 Å². The maximum absolute atomic E-state index is 12.4. The third kappa shape index (κ3) is 2.43. The highest BCUT2D eigenvalue weighted by atomic mass is 32.1. The van der Waals surface area contributed by atoms with Gasteiger partial charge in [0.25, 0.3) is 0 Å². The first-order chi connectivity index (χ1) is 9.75. The summed E-state index contributed by atoms with van der Waals surface area (Å²) < 4.78 is 0. The van der Waals surface area contributed by atoms with Crippen LogP contribution in [0, 0.1) is 6.92 Å². The zero-order valence-electron chi connectivity index (χ0n) is 11.2. The number of hydrogen-bond donors (Lipinski definition) is 0. The van der Waals surface area contributed by atoms with Crippen molar-refractivity contribution in [3.63, 3.8) is 0 Å². The Morgan fingerprint density at radius 2 is 1.50 bits per heavy atom. The number of hydrogen-bond acceptors (Lipinski definition) is 2. The normalized spacial score (nSPS) is 10.4. The lowest BCUT2D eigenvalue weighted by Gasteiger charge is -2.04. The van der Waals surface area contributed by atoms with Crippen LogP contribution in [0.3, 0.4) is 0 Å². The highest BCUT2D eigenvalue weighted by molar-refractivity contribution is 7.08. The van der Waals surface area contributed by atoms with Crippen LogP contribution >= 0.6 is 11.3 Å². The Balaban J connectivity index is 1.91. The van der Waals surface area contributed by atoms with Gasteiger partial charge in [-0.1, -0.05) is 54.6 Å². The topological polar surface area (TPSA) is 17.1 Å². The lowest BCUT2D eigenvalue weighted by atomic mass is 9.99. The second-order valence-electron chi connectivity index (χ2n) is 4.74. The molecule has 0 unspecified atom stereocenters. The minimum Gasteiger partial charge on any atom is -0.289 e. The molecule has 0 fully saturated rings. The molecular weight excluding hydrogens is 264 g/mol. The summed E-state index contributed by atoms with van der Waals surface area (Å²) in [6, 6.07) is 18.0. The predicted octanol–water partition coefficient (Wildman–Crippen LogP) is 4.95. The maximum Gasteiger partial charge on any atom is 0.194 e. The van der Waals surface area contributed by atoms with Crippen molar-refractivity contribution in [3.8, 4) is 11.1 Å². The fraction of sp³-hybridized carbons (Fsp3) is 0.0556. The molecule has 2 aromatic carbocycles. The molecule has 20 heavy (non-hydrogen) atoms. The molecule has 0 aliphatic carbocycles. The average Bonchev–Trinajstić information content (AvgIpc) is 2.94. The van der Waals surface area contributed by atoms with Crippen molar-refractivity contribution in [1.29, 1.82) is 0 Å². The third-order valence-corrected chi connectivity index (χ3v) is 4.22. The Hall–Kier alpha value is -2.19. The number of carbonyl (C=O) groups is 1. The maximum atomic E-state index is 12.4. The van der Waals surface area contributed by atoms with Gasteiger partial charge in [0.15, 0.2) is 5.78 Å². The zero-order valence-corrected chi connectivity index (χ0v) is 12.0. The highest BCUT2D eigenvalue weighted by Gasteiger charge is 2.12. The van der Waals surface area contributed by atoms with Crippen molar-refractivity contribution in [2.24, 2.45) is 0 Å². The Morgan fingerprint density at radius 1 is 0.850 bits per heavy atom. The molecule has 1 aromatic heterocycles. The molecule has 0 bridgehead atoms. The van der Waals surface area contributed by atoms with E-state index in [0.717, 1.165) is 22.3 Å². The largest absolute Gasteiger partial charge is 0.289 e. The van der Waals surface area contributed by atoms with Gasteiger partial charge in [0.2, 0.25) is 0 Å². The Morgan fingerprint density at radius 3 is 2.10 bits per heavy atom. The molecule has 0 aliphatic heterocycles. The second kappa shape index (κ2) is 5.43. The predicted molar refractivity (Wildman–Crippen MR) is 84.4 cm³/mol. The highest BCUT2D eigenvalue weighted by Crippen LogP contribution is 2.22. The second-order valence-corrected chi connectivity index (χ2v) is 5.48. The van der Waals surface area contributed by atoms with Crippen LogP contribution in [-0.2, 0) is 0 Å². The summed E-state index contributed by atoms with van der Waals surface area (Å²) in [5, 5.41) is 3.92. The Kier molecular flexibility index (Phi) is 3.48. The van der Waals surface area contributed by atoms with Gasteiger partial charge in [0.1, 0.15) is 0 Å². The average molecular weight is 278 g/mol. The van der Waals surface area contributed by atoms with Crippen LogP contribution in [0.4, 0.5) is 0 Å². The third-order valence-electron chi connectivity index (χ3n) is 3.35. The minimum atomic E-state index is 0.100. The lowest BCUT2D eigenvalue weighted by Crippen LogP contribution is -2.01. The van der Waals surface area contributed by atoms with Crippen LogP contribution in [0.25, 0.3) is 11.1 Å². The zero-order chi connectivity index (χ0) is 13.9. The smallest absolute Gasteiger partial charge is 0.194 e. The van der Waals surface area contributed by atoms with Gasteiger partial charge in [-0.25, -0.2) is 0 Å². The molecule has 0 N–H and O–H groups in total. The van der Waals surface area contributed by atoms with E-state index in [1.807, 2.05) is 60.1 Å². The molecule has 3 rings (SSSR count). The molecule has 1 nitrogen and oxygen atoms in total. The first-order valence-electron chi connectivity index (χ1n) is 6.48. The summed E-state index contributed by atoms with van der Waals surface area (Å²) in [4.78, 5) is 12.4. The van der Waals surface area contributed by atoms with Crippen molar-refractivity contribution in [1.82, 2.24) is 0 Å². The van der Waals surface area contributed by atoms with E-state index in [4.69, 9.17) is 0 Å². The summed E-state index contributed by atoms with van der Waals surface area (Å²) in [7, 11) is 0. The van der Waals surface area contributed by atoms with Gasteiger partial charge < -0.3 is 0 Å². The fourth-order valence-electron chi connectivity index (χ4n) is 2.19. The SMILES string of the molecule is Cc1cscc1C(=O)c1ccc(-c2ccccc2)cc1. The Bertz CT molecular complexity index is 724. The number of benzene rings is 2. The molecule has 1 heterocycles. The molecule has 0 saturated carbocycles.